The predicted octanol–water partition coefficient (Wildman–Crippen LogP) is 9.23. The van der Waals surface area contributed by atoms with E-state index in [2.05, 4.69) is 140 Å². The van der Waals surface area contributed by atoms with E-state index in [0.29, 0.717) is 17.5 Å². The zero-order chi connectivity index (χ0) is 28.5. The summed E-state index contributed by atoms with van der Waals surface area (Å²) in [6.07, 6.45) is 2.06. The van der Waals surface area contributed by atoms with Crippen molar-refractivity contribution in [2.24, 2.45) is 0 Å². The van der Waals surface area contributed by atoms with Gasteiger partial charge in [0.2, 0.25) is 0 Å². The summed E-state index contributed by atoms with van der Waals surface area (Å²) in [7, 11) is 0. The Labute approximate surface area is 246 Å². The molecule has 0 N–H and O–H groups in total. The molecule has 0 aliphatic rings. The Morgan fingerprint density at radius 2 is 1.00 bits per heavy atom. The molecule has 0 radical (unpaired) electrons. The number of nitrogens with zero attached hydrogens (tertiary/aromatic N) is 4. The van der Waals surface area contributed by atoms with Crippen molar-refractivity contribution in [2.75, 3.05) is 0 Å². The summed E-state index contributed by atoms with van der Waals surface area (Å²) in [5.41, 5.74) is 9.25. The van der Waals surface area contributed by atoms with E-state index in [0.717, 1.165) is 36.1 Å². The standard InChI is InChI=1S/C38H32N4/c1-26-10-7-13-30(24-26)37-39-36(40-38(41-37)31-14-8-11-27(2)25-31)29-21-19-28(20-22-29)12-9-23-42-34-17-5-3-15-32(34)33-16-4-6-18-35(33)42/h3-8,10-11,13-22,24-25H,9,12,23H2,1-2H3. The maximum atomic E-state index is 4.92. The van der Waals surface area contributed by atoms with Crippen molar-refractivity contribution in [2.45, 2.75) is 33.2 Å². The van der Waals surface area contributed by atoms with E-state index in [-0.39, 0.29) is 0 Å². The Hall–Kier alpha value is -5.09. The first-order valence-corrected chi connectivity index (χ1v) is 14.6. The maximum Gasteiger partial charge on any atom is 0.164 e. The maximum absolute atomic E-state index is 4.92. The molecule has 0 amide bonds. The molecule has 0 aliphatic heterocycles. The highest BCUT2D eigenvalue weighted by molar-refractivity contribution is 6.07. The summed E-state index contributed by atoms with van der Waals surface area (Å²) in [6, 6.07) is 42.8. The molecule has 0 atom stereocenters. The van der Waals surface area contributed by atoms with Crippen LogP contribution in [0.2, 0.25) is 0 Å². The highest BCUT2D eigenvalue weighted by Crippen LogP contribution is 2.30. The molecule has 7 rings (SSSR count). The molecule has 0 saturated carbocycles. The van der Waals surface area contributed by atoms with E-state index >= 15 is 0 Å². The van der Waals surface area contributed by atoms with E-state index < -0.39 is 0 Å². The monoisotopic (exact) mass is 544 g/mol. The van der Waals surface area contributed by atoms with Crippen molar-refractivity contribution in [1.29, 1.82) is 0 Å². The third-order valence-corrected chi connectivity index (χ3v) is 7.93. The molecule has 42 heavy (non-hydrogen) atoms. The summed E-state index contributed by atoms with van der Waals surface area (Å²) in [4.78, 5) is 14.7. The minimum Gasteiger partial charge on any atom is -0.340 e. The van der Waals surface area contributed by atoms with Gasteiger partial charge in [0.1, 0.15) is 0 Å². The molecule has 5 aromatic carbocycles. The number of fused-ring (bicyclic) bond motifs is 3. The van der Waals surface area contributed by atoms with Gasteiger partial charge in [0.25, 0.3) is 0 Å². The van der Waals surface area contributed by atoms with Gasteiger partial charge in [-0.05, 0) is 56.5 Å². The highest BCUT2D eigenvalue weighted by atomic mass is 15.0. The Morgan fingerprint density at radius 3 is 1.52 bits per heavy atom. The second-order valence-electron chi connectivity index (χ2n) is 11.0. The van der Waals surface area contributed by atoms with Gasteiger partial charge < -0.3 is 4.57 Å². The average Bonchev–Trinajstić information content (AvgIpc) is 3.35. The molecule has 7 aromatic rings. The van der Waals surface area contributed by atoms with Gasteiger partial charge in [0, 0.05) is 45.0 Å². The topological polar surface area (TPSA) is 43.6 Å². The van der Waals surface area contributed by atoms with Gasteiger partial charge >= 0.3 is 0 Å². The molecular formula is C38H32N4. The van der Waals surface area contributed by atoms with Gasteiger partial charge in [-0.15, -0.1) is 0 Å². The number of para-hydroxylation sites is 2. The molecule has 0 fully saturated rings. The minimum absolute atomic E-state index is 0.690. The zero-order valence-electron chi connectivity index (χ0n) is 24.0. The molecule has 0 saturated heterocycles. The van der Waals surface area contributed by atoms with Crippen molar-refractivity contribution in [3.05, 3.63) is 138 Å². The minimum atomic E-state index is 0.690. The first kappa shape index (κ1) is 25.8. The van der Waals surface area contributed by atoms with E-state index in [1.807, 2.05) is 0 Å². The highest BCUT2D eigenvalue weighted by Gasteiger charge is 2.13. The first-order chi connectivity index (χ1) is 20.6. The fourth-order valence-electron chi connectivity index (χ4n) is 5.84. The van der Waals surface area contributed by atoms with Crippen LogP contribution in [-0.2, 0) is 13.0 Å². The van der Waals surface area contributed by atoms with Crippen LogP contribution in [0, 0.1) is 13.8 Å². The lowest BCUT2D eigenvalue weighted by atomic mass is 10.1. The van der Waals surface area contributed by atoms with Crippen LogP contribution in [0.4, 0.5) is 0 Å². The third-order valence-electron chi connectivity index (χ3n) is 7.93. The SMILES string of the molecule is Cc1cccc(-c2nc(-c3ccc(CCCn4c5ccccc5c5ccccc54)cc3)nc(-c3cccc(C)c3)n2)c1. The average molecular weight is 545 g/mol. The predicted molar refractivity (Wildman–Crippen MR) is 173 cm³/mol. The van der Waals surface area contributed by atoms with Crippen molar-refractivity contribution >= 4 is 21.8 Å². The molecule has 2 aromatic heterocycles. The first-order valence-electron chi connectivity index (χ1n) is 14.6. The molecule has 0 spiro atoms. The van der Waals surface area contributed by atoms with Crippen molar-refractivity contribution in [1.82, 2.24) is 19.5 Å². The molecule has 204 valence electrons. The van der Waals surface area contributed by atoms with Crippen LogP contribution in [0.25, 0.3) is 56.0 Å². The van der Waals surface area contributed by atoms with Crippen LogP contribution >= 0.6 is 0 Å². The zero-order valence-corrected chi connectivity index (χ0v) is 24.0. The van der Waals surface area contributed by atoms with Crippen LogP contribution in [0.15, 0.2) is 121 Å². The summed E-state index contributed by atoms with van der Waals surface area (Å²) in [5, 5.41) is 2.65. The van der Waals surface area contributed by atoms with Crippen LogP contribution < -0.4 is 0 Å². The molecule has 4 nitrogen and oxygen atoms in total. The van der Waals surface area contributed by atoms with Crippen LogP contribution in [-0.4, -0.2) is 19.5 Å². The number of aromatic nitrogens is 4. The van der Waals surface area contributed by atoms with E-state index in [1.165, 1.54) is 38.5 Å². The summed E-state index contributed by atoms with van der Waals surface area (Å²) in [5.74, 6) is 2.07. The number of benzene rings is 5. The van der Waals surface area contributed by atoms with Gasteiger partial charge in [-0.1, -0.05) is 108 Å². The molecule has 2 heterocycles. The largest absolute Gasteiger partial charge is 0.340 e. The van der Waals surface area contributed by atoms with E-state index in [9.17, 15) is 0 Å². The Balaban J connectivity index is 1.16. The van der Waals surface area contributed by atoms with Crippen molar-refractivity contribution in [3.8, 4) is 34.2 Å². The molecule has 0 bridgehead atoms. The van der Waals surface area contributed by atoms with Gasteiger partial charge in [0.15, 0.2) is 17.5 Å². The smallest absolute Gasteiger partial charge is 0.164 e. The number of rotatable bonds is 7. The van der Waals surface area contributed by atoms with Gasteiger partial charge in [-0.3, -0.25) is 0 Å². The van der Waals surface area contributed by atoms with Gasteiger partial charge in [-0.2, -0.15) is 0 Å². The Kier molecular flexibility index (Phi) is 6.81. The molecule has 0 aliphatic carbocycles. The second kappa shape index (κ2) is 11.1. The summed E-state index contributed by atoms with van der Waals surface area (Å²) >= 11 is 0. The Morgan fingerprint density at radius 1 is 0.500 bits per heavy atom. The molecule has 0 unspecified atom stereocenters. The summed E-state index contributed by atoms with van der Waals surface area (Å²) < 4.78 is 2.46. The fraction of sp³-hybridized carbons (Fsp3) is 0.132. The Bertz CT molecular complexity index is 1920. The fourth-order valence-corrected chi connectivity index (χ4v) is 5.84. The van der Waals surface area contributed by atoms with E-state index in [4.69, 9.17) is 15.0 Å². The molecule has 4 heteroatoms. The van der Waals surface area contributed by atoms with Crippen molar-refractivity contribution < 1.29 is 0 Å². The number of aryl methyl sites for hydroxylation is 4. The lowest BCUT2D eigenvalue weighted by molar-refractivity contribution is 0.678. The van der Waals surface area contributed by atoms with Crippen LogP contribution in [0.1, 0.15) is 23.1 Å². The molecular weight excluding hydrogens is 512 g/mol. The third kappa shape index (κ3) is 5.08. The van der Waals surface area contributed by atoms with Gasteiger partial charge in [-0.25, -0.2) is 15.0 Å². The number of hydrogen-bond donors (Lipinski definition) is 0. The van der Waals surface area contributed by atoms with Crippen molar-refractivity contribution in [3.63, 3.8) is 0 Å². The quantitative estimate of drug-likeness (QED) is 0.201. The van der Waals surface area contributed by atoms with Gasteiger partial charge in [0.05, 0.1) is 0 Å². The van der Waals surface area contributed by atoms with E-state index in [1.54, 1.807) is 0 Å². The van der Waals surface area contributed by atoms with Crippen LogP contribution in [0.5, 0.6) is 0 Å². The summed E-state index contributed by atoms with van der Waals surface area (Å²) in [6.45, 7) is 5.16. The lowest BCUT2D eigenvalue weighted by Gasteiger charge is -2.10. The lowest BCUT2D eigenvalue weighted by Crippen LogP contribution is -2.01. The normalized spacial score (nSPS) is 11.4. The number of hydrogen-bond acceptors (Lipinski definition) is 3. The second-order valence-corrected chi connectivity index (χ2v) is 11.0. The van der Waals surface area contributed by atoms with Crippen LogP contribution in [0.3, 0.4) is 0 Å².